The molecule has 0 aliphatic carbocycles. The highest BCUT2D eigenvalue weighted by Gasteiger charge is 2.45. The van der Waals surface area contributed by atoms with Crippen molar-refractivity contribution in [2.24, 2.45) is 0 Å². The van der Waals surface area contributed by atoms with Crippen LogP contribution < -0.4 is 37.9 Å². The highest BCUT2D eigenvalue weighted by molar-refractivity contribution is 6.17. The van der Waals surface area contributed by atoms with E-state index in [2.05, 4.69) is 0 Å². The van der Waals surface area contributed by atoms with Gasteiger partial charge in [-0.25, -0.2) is 4.79 Å². The first kappa shape index (κ1) is 36.7. The van der Waals surface area contributed by atoms with Gasteiger partial charge in [0, 0.05) is 24.7 Å². The van der Waals surface area contributed by atoms with Crippen LogP contribution in [0.1, 0.15) is 38.8 Å². The van der Waals surface area contributed by atoms with Crippen LogP contribution in [0.5, 0.6) is 46.0 Å². The van der Waals surface area contributed by atoms with E-state index in [0.717, 1.165) is 0 Å². The minimum Gasteiger partial charge on any atom is -0.496 e. The van der Waals surface area contributed by atoms with Crippen molar-refractivity contribution in [3.05, 3.63) is 34.4 Å². The lowest BCUT2D eigenvalue weighted by atomic mass is 9.92. The summed E-state index contributed by atoms with van der Waals surface area (Å²) in [7, 11) is 10.8. The van der Waals surface area contributed by atoms with Crippen molar-refractivity contribution in [1.82, 2.24) is 0 Å². The minimum atomic E-state index is -1.52. The van der Waals surface area contributed by atoms with Crippen LogP contribution in [0.15, 0.2) is 12.1 Å². The lowest BCUT2D eigenvalue weighted by molar-refractivity contribution is -0.139. The number of rotatable bonds is 16. The molecule has 0 spiro atoms. The summed E-state index contributed by atoms with van der Waals surface area (Å²) < 4.78 is 61.2. The summed E-state index contributed by atoms with van der Waals surface area (Å²) in [4.78, 5) is 39.4. The average molecular weight is 689 g/mol. The Morgan fingerprint density at radius 1 is 0.776 bits per heavy atom. The van der Waals surface area contributed by atoms with E-state index in [1.807, 2.05) is 0 Å². The van der Waals surface area contributed by atoms with Gasteiger partial charge in [-0.2, -0.15) is 0 Å². The number of hydrogen-bond donors (Lipinski definition) is 1. The Kier molecular flexibility index (Phi) is 11.9. The number of aliphatic hydroxyl groups is 1. The number of benzene rings is 3. The summed E-state index contributed by atoms with van der Waals surface area (Å²) in [5.41, 5.74) is 0.366. The second kappa shape index (κ2) is 15.8. The van der Waals surface area contributed by atoms with E-state index in [-0.39, 0.29) is 76.4 Å². The molecule has 266 valence electrons. The summed E-state index contributed by atoms with van der Waals surface area (Å²) in [5, 5.41) is 12.4. The molecule has 0 radical (unpaired) electrons. The predicted octanol–water partition coefficient (Wildman–Crippen LogP) is 3.31. The third kappa shape index (κ3) is 6.63. The van der Waals surface area contributed by atoms with Crippen LogP contribution in [0.4, 0.5) is 0 Å². The van der Waals surface area contributed by atoms with Crippen molar-refractivity contribution in [3.63, 3.8) is 0 Å². The lowest BCUT2D eigenvalue weighted by Crippen LogP contribution is -2.36. The SMILES string of the molecule is CCOCOc1c(CC(O)C2Oc3c(c(OC)c4c(OC)cc(OC)c(OC)c4c3OC)C2=O)cc(CC(=O)OC)c(C(=O)OC)c1OC. The van der Waals surface area contributed by atoms with Crippen LogP contribution >= 0.6 is 0 Å². The van der Waals surface area contributed by atoms with Crippen LogP contribution in [0.2, 0.25) is 0 Å². The largest absolute Gasteiger partial charge is 0.496 e. The number of methoxy groups -OCH3 is 8. The Morgan fingerprint density at radius 2 is 1.43 bits per heavy atom. The van der Waals surface area contributed by atoms with Crippen LogP contribution in [0, 0.1) is 0 Å². The molecule has 3 aromatic carbocycles. The highest BCUT2D eigenvalue weighted by atomic mass is 16.7. The maximum Gasteiger partial charge on any atom is 0.342 e. The standard InChI is InChI=1S/C34H40O15/c1-10-47-15-48-27-17(11-16(13-21(36)41-4)22(31(27)44-7)34(38)46-9)12-18(35)28-26(37)25-30(43-6)23-19(39-2)14-20(40-3)29(42-5)24(23)32(45-8)33(25)49-28/h11,14,18,28,35H,10,12-13,15H2,1-9H3. The van der Waals surface area contributed by atoms with Crippen LogP contribution in [0.25, 0.3) is 10.8 Å². The van der Waals surface area contributed by atoms with E-state index in [1.54, 1.807) is 13.0 Å². The monoisotopic (exact) mass is 688 g/mol. The Bertz CT molecular complexity index is 1730. The molecule has 2 atom stereocenters. The van der Waals surface area contributed by atoms with Gasteiger partial charge in [-0.05, 0) is 12.5 Å². The highest BCUT2D eigenvalue weighted by Crippen LogP contribution is 2.57. The van der Waals surface area contributed by atoms with Gasteiger partial charge in [0.05, 0.1) is 74.1 Å². The molecule has 1 N–H and O–H groups in total. The van der Waals surface area contributed by atoms with Crippen LogP contribution in [-0.4, -0.2) is 105 Å². The summed E-state index contributed by atoms with van der Waals surface area (Å²) in [5.74, 6) is -0.996. The van der Waals surface area contributed by atoms with E-state index in [4.69, 9.17) is 52.1 Å². The van der Waals surface area contributed by atoms with Crippen molar-refractivity contribution in [2.45, 2.75) is 32.0 Å². The van der Waals surface area contributed by atoms with Gasteiger partial charge >= 0.3 is 11.9 Å². The number of carbonyl (C=O) groups excluding carboxylic acids is 3. The number of aliphatic hydroxyl groups excluding tert-OH is 1. The van der Waals surface area contributed by atoms with Crippen molar-refractivity contribution in [1.29, 1.82) is 0 Å². The number of carbonyl (C=O) groups is 3. The third-order valence-corrected chi connectivity index (χ3v) is 7.95. The second-order valence-electron chi connectivity index (χ2n) is 10.4. The smallest absolute Gasteiger partial charge is 0.342 e. The van der Waals surface area contributed by atoms with Gasteiger partial charge in [0.1, 0.15) is 28.7 Å². The van der Waals surface area contributed by atoms with E-state index in [1.165, 1.54) is 62.9 Å². The van der Waals surface area contributed by atoms with Crippen LogP contribution in [0.3, 0.4) is 0 Å². The maximum absolute atomic E-state index is 14.1. The van der Waals surface area contributed by atoms with E-state index >= 15 is 0 Å². The zero-order valence-corrected chi connectivity index (χ0v) is 28.8. The van der Waals surface area contributed by atoms with E-state index < -0.39 is 29.9 Å². The van der Waals surface area contributed by atoms with Crippen molar-refractivity contribution in [2.75, 3.05) is 70.3 Å². The third-order valence-electron chi connectivity index (χ3n) is 7.95. The first-order valence-electron chi connectivity index (χ1n) is 15.0. The van der Waals surface area contributed by atoms with Crippen molar-refractivity contribution < 1.29 is 71.6 Å². The van der Waals surface area contributed by atoms with E-state index in [9.17, 15) is 19.5 Å². The number of fused-ring (bicyclic) bond motifs is 2. The van der Waals surface area contributed by atoms with E-state index in [0.29, 0.717) is 28.9 Å². The van der Waals surface area contributed by atoms with Crippen molar-refractivity contribution in [3.8, 4) is 46.0 Å². The molecule has 0 amide bonds. The Hall–Kier alpha value is -5.15. The predicted molar refractivity (Wildman–Crippen MR) is 172 cm³/mol. The van der Waals surface area contributed by atoms with Gasteiger partial charge in [-0.3, -0.25) is 9.59 Å². The molecule has 0 saturated heterocycles. The van der Waals surface area contributed by atoms with Gasteiger partial charge in [-0.1, -0.05) is 6.07 Å². The van der Waals surface area contributed by atoms with Gasteiger partial charge in [0.2, 0.25) is 5.78 Å². The minimum absolute atomic E-state index is 0.00678. The Balaban J connectivity index is 1.89. The number of ketones is 1. The molecule has 1 aliphatic rings. The quantitative estimate of drug-likeness (QED) is 0.132. The summed E-state index contributed by atoms with van der Waals surface area (Å²) in [6.45, 7) is 1.83. The molecule has 0 bridgehead atoms. The topological polar surface area (TPSA) is 173 Å². The molecule has 49 heavy (non-hydrogen) atoms. The molecule has 4 rings (SSSR count). The molecule has 15 heteroatoms. The number of hydrogen-bond acceptors (Lipinski definition) is 15. The first-order chi connectivity index (χ1) is 23.6. The molecule has 1 heterocycles. The molecule has 3 aromatic rings. The first-order valence-corrected chi connectivity index (χ1v) is 15.0. The molecule has 1 aliphatic heterocycles. The molecule has 15 nitrogen and oxygen atoms in total. The van der Waals surface area contributed by atoms with Crippen LogP contribution in [-0.2, 0) is 31.8 Å². The molecular formula is C34H40O15. The lowest BCUT2D eigenvalue weighted by Gasteiger charge is -2.23. The number of Topliss-reactive ketones (excluding diaryl/α,β-unsaturated/α-hetero) is 1. The Morgan fingerprint density at radius 3 is 1.98 bits per heavy atom. The second-order valence-corrected chi connectivity index (χ2v) is 10.4. The molecular weight excluding hydrogens is 648 g/mol. The molecule has 2 unspecified atom stereocenters. The fourth-order valence-corrected chi connectivity index (χ4v) is 5.81. The normalized spacial score (nSPS) is 14.0. The summed E-state index contributed by atoms with van der Waals surface area (Å²) in [6, 6.07) is 3.06. The zero-order valence-electron chi connectivity index (χ0n) is 28.8. The maximum atomic E-state index is 14.1. The van der Waals surface area contributed by atoms with Gasteiger partial charge in [0.25, 0.3) is 0 Å². The van der Waals surface area contributed by atoms with Gasteiger partial charge < -0.3 is 57.2 Å². The fraction of sp³-hybridized carbons (Fsp3) is 0.441. The average Bonchev–Trinajstić information content (AvgIpc) is 3.46. The fourth-order valence-electron chi connectivity index (χ4n) is 5.81. The Labute approximate surface area is 282 Å². The number of ether oxygens (including phenoxy) is 11. The van der Waals surface area contributed by atoms with Gasteiger partial charge in [-0.15, -0.1) is 0 Å². The molecule has 0 aromatic heterocycles. The van der Waals surface area contributed by atoms with Gasteiger partial charge in [0.15, 0.2) is 47.4 Å². The summed E-state index contributed by atoms with van der Waals surface area (Å²) >= 11 is 0. The van der Waals surface area contributed by atoms with Crippen molar-refractivity contribution >= 4 is 28.5 Å². The number of esters is 2. The summed E-state index contributed by atoms with van der Waals surface area (Å²) in [6.07, 6.45) is -3.61. The molecule has 0 fully saturated rings. The molecule has 0 saturated carbocycles. The zero-order chi connectivity index (χ0) is 36.0.